The normalized spacial score (nSPS) is 14.4. The number of benzene rings is 2. The van der Waals surface area contributed by atoms with E-state index in [0.29, 0.717) is 43.9 Å². The summed E-state index contributed by atoms with van der Waals surface area (Å²) >= 11 is 0. The standard InChI is InChI=1S/C22H26N2O4/c1-3-28-20-11-7-18(8-12-20)22(26)24-14-4-13-23(15-16-24)21(25)17-5-9-19(27-2)10-6-17/h5-12H,3-4,13-16H2,1-2H3. The van der Waals surface area contributed by atoms with Gasteiger partial charge in [-0.3, -0.25) is 9.59 Å². The van der Waals surface area contributed by atoms with Crippen molar-refractivity contribution < 1.29 is 19.1 Å². The molecule has 0 radical (unpaired) electrons. The van der Waals surface area contributed by atoms with Crippen molar-refractivity contribution in [2.24, 2.45) is 0 Å². The molecule has 1 aliphatic heterocycles. The van der Waals surface area contributed by atoms with Crippen molar-refractivity contribution in [2.45, 2.75) is 13.3 Å². The van der Waals surface area contributed by atoms with Gasteiger partial charge in [-0.15, -0.1) is 0 Å². The Kier molecular flexibility index (Phi) is 6.53. The molecule has 0 aromatic heterocycles. The van der Waals surface area contributed by atoms with Crippen LogP contribution < -0.4 is 9.47 Å². The summed E-state index contributed by atoms with van der Waals surface area (Å²) in [4.78, 5) is 29.2. The van der Waals surface area contributed by atoms with E-state index in [1.165, 1.54) is 0 Å². The summed E-state index contributed by atoms with van der Waals surface area (Å²) in [7, 11) is 1.60. The number of methoxy groups -OCH3 is 1. The second kappa shape index (κ2) is 9.26. The summed E-state index contributed by atoms with van der Waals surface area (Å²) in [5.74, 6) is 1.45. The maximum atomic E-state index is 12.8. The SMILES string of the molecule is CCOc1ccc(C(=O)N2CCCN(C(=O)c3ccc(OC)cc3)CC2)cc1. The minimum Gasteiger partial charge on any atom is -0.497 e. The number of hydrogen-bond acceptors (Lipinski definition) is 4. The molecule has 28 heavy (non-hydrogen) atoms. The minimum absolute atomic E-state index is 0.0122. The molecule has 3 rings (SSSR count). The Morgan fingerprint density at radius 2 is 1.25 bits per heavy atom. The molecule has 0 bridgehead atoms. The van der Waals surface area contributed by atoms with Gasteiger partial charge < -0.3 is 19.3 Å². The molecule has 0 spiro atoms. The minimum atomic E-state index is -0.0157. The zero-order valence-corrected chi connectivity index (χ0v) is 16.4. The van der Waals surface area contributed by atoms with Crippen LogP contribution in [0.2, 0.25) is 0 Å². The first-order valence-electron chi connectivity index (χ1n) is 9.58. The smallest absolute Gasteiger partial charge is 0.253 e. The molecule has 0 atom stereocenters. The van der Waals surface area contributed by atoms with Gasteiger partial charge >= 0.3 is 0 Å². The van der Waals surface area contributed by atoms with Crippen LogP contribution in [-0.2, 0) is 0 Å². The first-order chi connectivity index (χ1) is 13.6. The van der Waals surface area contributed by atoms with Crippen LogP contribution in [0.5, 0.6) is 11.5 Å². The maximum absolute atomic E-state index is 12.8. The fourth-order valence-electron chi connectivity index (χ4n) is 3.28. The highest BCUT2D eigenvalue weighted by Gasteiger charge is 2.23. The van der Waals surface area contributed by atoms with Crippen molar-refractivity contribution in [1.82, 2.24) is 9.80 Å². The van der Waals surface area contributed by atoms with E-state index in [1.54, 1.807) is 43.5 Å². The van der Waals surface area contributed by atoms with Crippen LogP contribution in [0.3, 0.4) is 0 Å². The average Bonchev–Trinajstić information content (AvgIpc) is 3.00. The Hall–Kier alpha value is -3.02. The van der Waals surface area contributed by atoms with E-state index in [-0.39, 0.29) is 11.8 Å². The Balaban J connectivity index is 1.62. The van der Waals surface area contributed by atoms with Gasteiger partial charge in [0, 0.05) is 37.3 Å². The third-order valence-corrected chi connectivity index (χ3v) is 4.82. The molecule has 2 aromatic carbocycles. The number of amides is 2. The van der Waals surface area contributed by atoms with E-state index in [1.807, 2.05) is 28.9 Å². The summed E-state index contributed by atoms with van der Waals surface area (Å²) in [5.41, 5.74) is 1.27. The molecule has 1 saturated heterocycles. The molecule has 1 heterocycles. The number of rotatable bonds is 5. The lowest BCUT2D eigenvalue weighted by atomic mass is 10.2. The number of hydrogen-bond donors (Lipinski definition) is 0. The van der Waals surface area contributed by atoms with Gasteiger partial charge in [0.2, 0.25) is 0 Å². The van der Waals surface area contributed by atoms with Crippen LogP contribution in [0.1, 0.15) is 34.1 Å². The van der Waals surface area contributed by atoms with Gasteiger partial charge in [0.25, 0.3) is 11.8 Å². The lowest BCUT2D eigenvalue weighted by Gasteiger charge is -2.22. The molecular formula is C22H26N2O4. The third kappa shape index (κ3) is 4.63. The van der Waals surface area contributed by atoms with Gasteiger partial charge in [0.05, 0.1) is 13.7 Å². The molecule has 0 saturated carbocycles. The summed E-state index contributed by atoms with van der Waals surface area (Å²) < 4.78 is 10.6. The second-order valence-electron chi connectivity index (χ2n) is 6.62. The summed E-state index contributed by atoms with van der Waals surface area (Å²) in [6.07, 6.45) is 0.755. The first kappa shape index (κ1) is 19.7. The monoisotopic (exact) mass is 382 g/mol. The van der Waals surface area contributed by atoms with E-state index in [4.69, 9.17) is 9.47 Å². The molecule has 148 valence electrons. The molecule has 6 heteroatoms. The van der Waals surface area contributed by atoms with Crippen molar-refractivity contribution in [1.29, 1.82) is 0 Å². The largest absolute Gasteiger partial charge is 0.497 e. The van der Waals surface area contributed by atoms with Gasteiger partial charge in [-0.05, 0) is 61.9 Å². The Bertz CT molecular complexity index is 802. The van der Waals surface area contributed by atoms with Gasteiger partial charge in [-0.25, -0.2) is 0 Å². The first-order valence-corrected chi connectivity index (χ1v) is 9.58. The van der Waals surface area contributed by atoms with Crippen LogP contribution >= 0.6 is 0 Å². The Morgan fingerprint density at radius 3 is 1.68 bits per heavy atom. The van der Waals surface area contributed by atoms with Gasteiger partial charge in [-0.1, -0.05) is 0 Å². The predicted octanol–water partition coefficient (Wildman–Crippen LogP) is 3.08. The summed E-state index contributed by atoms with van der Waals surface area (Å²) in [6.45, 7) is 4.84. The van der Waals surface area contributed by atoms with Crippen LogP contribution in [0.4, 0.5) is 0 Å². The highest BCUT2D eigenvalue weighted by atomic mass is 16.5. The summed E-state index contributed by atoms with van der Waals surface area (Å²) in [6, 6.07) is 14.3. The zero-order chi connectivity index (χ0) is 19.9. The van der Waals surface area contributed by atoms with Crippen LogP contribution in [0.15, 0.2) is 48.5 Å². The lowest BCUT2D eigenvalue weighted by molar-refractivity contribution is 0.0718. The fraction of sp³-hybridized carbons (Fsp3) is 0.364. The molecule has 1 fully saturated rings. The number of carbonyl (C=O) groups is 2. The van der Waals surface area contributed by atoms with E-state index < -0.39 is 0 Å². The van der Waals surface area contributed by atoms with Gasteiger partial charge in [0.1, 0.15) is 11.5 Å². The van der Waals surface area contributed by atoms with E-state index in [0.717, 1.165) is 17.9 Å². The Labute approximate surface area is 165 Å². The average molecular weight is 382 g/mol. The van der Waals surface area contributed by atoms with E-state index >= 15 is 0 Å². The molecule has 0 aliphatic carbocycles. The molecule has 6 nitrogen and oxygen atoms in total. The zero-order valence-electron chi connectivity index (χ0n) is 16.4. The number of ether oxygens (including phenoxy) is 2. The van der Waals surface area contributed by atoms with E-state index in [2.05, 4.69) is 0 Å². The van der Waals surface area contributed by atoms with Gasteiger partial charge in [0.15, 0.2) is 0 Å². The summed E-state index contributed by atoms with van der Waals surface area (Å²) in [5, 5.41) is 0. The molecule has 1 aliphatic rings. The van der Waals surface area contributed by atoms with Crippen molar-refractivity contribution in [3.8, 4) is 11.5 Å². The van der Waals surface area contributed by atoms with Crippen LogP contribution in [0.25, 0.3) is 0 Å². The second-order valence-corrected chi connectivity index (χ2v) is 6.62. The van der Waals surface area contributed by atoms with Crippen LogP contribution in [0, 0.1) is 0 Å². The lowest BCUT2D eigenvalue weighted by Crippen LogP contribution is -2.37. The van der Waals surface area contributed by atoms with Crippen molar-refractivity contribution in [3.05, 3.63) is 59.7 Å². The molecule has 0 unspecified atom stereocenters. The van der Waals surface area contributed by atoms with E-state index in [9.17, 15) is 9.59 Å². The highest BCUT2D eigenvalue weighted by Crippen LogP contribution is 2.17. The Morgan fingerprint density at radius 1 is 0.786 bits per heavy atom. The maximum Gasteiger partial charge on any atom is 0.253 e. The van der Waals surface area contributed by atoms with Crippen molar-refractivity contribution in [3.63, 3.8) is 0 Å². The quantitative estimate of drug-likeness (QED) is 0.797. The van der Waals surface area contributed by atoms with Gasteiger partial charge in [-0.2, -0.15) is 0 Å². The molecule has 2 amide bonds. The molecular weight excluding hydrogens is 356 g/mol. The molecule has 0 N–H and O–H groups in total. The molecule has 2 aromatic rings. The third-order valence-electron chi connectivity index (χ3n) is 4.82. The van der Waals surface area contributed by atoms with Crippen LogP contribution in [-0.4, -0.2) is 61.5 Å². The van der Waals surface area contributed by atoms with Crippen molar-refractivity contribution >= 4 is 11.8 Å². The number of nitrogens with zero attached hydrogens (tertiary/aromatic N) is 2. The predicted molar refractivity (Wildman–Crippen MR) is 107 cm³/mol. The number of carbonyl (C=O) groups excluding carboxylic acids is 2. The highest BCUT2D eigenvalue weighted by molar-refractivity contribution is 5.95. The van der Waals surface area contributed by atoms with Crippen molar-refractivity contribution in [2.75, 3.05) is 39.9 Å². The fourth-order valence-corrected chi connectivity index (χ4v) is 3.28. The topological polar surface area (TPSA) is 59.1 Å².